The molecule has 0 saturated carbocycles. The van der Waals surface area contributed by atoms with Gasteiger partial charge in [0.1, 0.15) is 10.1 Å². The molecule has 2 nitrogen and oxygen atoms in total. The molecule has 148 valence electrons. The number of hydrogen-bond acceptors (Lipinski definition) is 3. The Kier molecular flexibility index (Phi) is 8.47. The summed E-state index contributed by atoms with van der Waals surface area (Å²) in [7, 11) is 0. The van der Waals surface area contributed by atoms with Gasteiger partial charge in [0.25, 0.3) is 0 Å². The van der Waals surface area contributed by atoms with Crippen molar-refractivity contribution in [1.29, 1.82) is 0 Å². The van der Waals surface area contributed by atoms with Crippen LogP contribution in [0.4, 0.5) is 0 Å². The number of nitrogens with zero attached hydrogens (tertiary/aromatic N) is 1. The summed E-state index contributed by atoms with van der Waals surface area (Å²) in [6.07, 6.45) is 2.23. The molecule has 0 saturated heterocycles. The van der Waals surface area contributed by atoms with Crippen molar-refractivity contribution in [3.8, 4) is 5.75 Å². The third-order valence-electron chi connectivity index (χ3n) is 4.39. The number of hydrogen-bond donors (Lipinski definition) is 1. The van der Waals surface area contributed by atoms with Crippen molar-refractivity contribution in [2.24, 2.45) is 0 Å². The first kappa shape index (κ1) is 23.3. The topological polar surface area (TPSA) is 23.5 Å². The van der Waals surface area contributed by atoms with Crippen molar-refractivity contribution in [2.75, 3.05) is 13.1 Å². The van der Waals surface area contributed by atoms with E-state index in [0.29, 0.717) is 5.75 Å². The average molecular weight is 396 g/mol. The average Bonchev–Trinajstić information content (AvgIpc) is 2.51. The summed E-state index contributed by atoms with van der Waals surface area (Å²) in [5, 5.41) is 10.8. The van der Waals surface area contributed by atoms with Gasteiger partial charge in [0.2, 0.25) is 0 Å². The van der Waals surface area contributed by atoms with Gasteiger partial charge in [-0.15, -0.1) is 0 Å². The van der Waals surface area contributed by atoms with Crippen LogP contribution < -0.4 is 0 Å². The maximum absolute atomic E-state index is 10.8. The fourth-order valence-corrected chi connectivity index (χ4v) is 4.17. The van der Waals surface area contributed by atoms with E-state index in [1.165, 1.54) is 5.56 Å². The van der Waals surface area contributed by atoms with Crippen LogP contribution in [-0.4, -0.2) is 27.4 Å². The lowest BCUT2D eigenvalue weighted by molar-refractivity contribution is 0.423. The lowest BCUT2D eigenvalue weighted by Gasteiger charge is -2.28. The Morgan fingerprint density at radius 2 is 1.38 bits per heavy atom. The Hall–Kier alpha value is -0.740. The van der Waals surface area contributed by atoms with Crippen LogP contribution in [0.25, 0.3) is 0 Å². The van der Waals surface area contributed by atoms with Gasteiger partial charge in [-0.1, -0.05) is 91.5 Å². The van der Waals surface area contributed by atoms with Crippen LogP contribution in [-0.2, 0) is 16.6 Å². The first-order valence-corrected chi connectivity index (χ1v) is 11.1. The third-order valence-corrected chi connectivity index (χ3v) is 5.99. The zero-order valence-electron chi connectivity index (χ0n) is 17.9. The zero-order chi connectivity index (χ0) is 20.1. The van der Waals surface area contributed by atoms with E-state index < -0.39 is 0 Å². The summed E-state index contributed by atoms with van der Waals surface area (Å²) < 4.78 is 0.983. The first-order chi connectivity index (χ1) is 11.9. The highest BCUT2D eigenvalue weighted by molar-refractivity contribution is 8.22. The predicted molar refractivity (Wildman–Crippen MR) is 122 cm³/mol. The number of rotatable bonds is 6. The molecule has 0 bridgehead atoms. The highest BCUT2D eigenvalue weighted by Crippen LogP contribution is 2.40. The largest absolute Gasteiger partial charge is 0.507 e. The highest BCUT2D eigenvalue weighted by Gasteiger charge is 2.26. The molecule has 0 aliphatic carbocycles. The van der Waals surface area contributed by atoms with Crippen LogP contribution in [0.1, 0.15) is 84.9 Å². The molecule has 0 atom stereocenters. The van der Waals surface area contributed by atoms with Gasteiger partial charge in [0.15, 0.2) is 0 Å². The van der Waals surface area contributed by atoms with Crippen molar-refractivity contribution in [3.63, 3.8) is 0 Å². The van der Waals surface area contributed by atoms with Gasteiger partial charge in [0.05, 0.1) is 0 Å². The number of phenolic OH excluding ortho intramolecular Hbond substituents is 1. The summed E-state index contributed by atoms with van der Waals surface area (Å²) in [6.45, 7) is 19.4. The Bertz CT molecular complexity index is 571. The molecule has 0 unspecified atom stereocenters. The Labute approximate surface area is 170 Å². The summed E-state index contributed by atoms with van der Waals surface area (Å²) in [5.41, 5.74) is 3.08. The van der Waals surface area contributed by atoms with Crippen LogP contribution in [0.2, 0.25) is 0 Å². The van der Waals surface area contributed by atoms with Gasteiger partial charge < -0.3 is 10.0 Å². The fourth-order valence-electron chi connectivity index (χ4n) is 2.99. The maximum Gasteiger partial charge on any atom is 0.136 e. The van der Waals surface area contributed by atoms with E-state index >= 15 is 0 Å². The molecule has 1 N–H and O–H groups in total. The van der Waals surface area contributed by atoms with E-state index in [0.717, 1.165) is 47.1 Å². The second kappa shape index (κ2) is 9.45. The van der Waals surface area contributed by atoms with Gasteiger partial charge in [-0.25, -0.2) is 0 Å². The van der Waals surface area contributed by atoms with E-state index in [4.69, 9.17) is 12.2 Å². The molecule has 0 heterocycles. The molecule has 0 amide bonds. The third kappa shape index (κ3) is 6.45. The van der Waals surface area contributed by atoms with E-state index in [-0.39, 0.29) is 10.8 Å². The number of benzene rings is 1. The fraction of sp³-hybridized carbons (Fsp3) is 0.682. The van der Waals surface area contributed by atoms with Crippen molar-refractivity contribution >= 4 is 28.3 Å². The molecule has 1 aromatic rings. The molecule has 0 aliphatic heterocycles. The minimum absolute atomic E-state index is 0.0955. The molecule has 0 radical (unpaired) electrons. The number of phenols is 1. The van der Waals surface area contributed by atoms with E-state index in [1.807, 2.05) is 0 Å². The van der Waals surface area contributed by atoms with Gasteiger partial charge in [0, 0.05) is 18.8 Å². The van der Waals surface area contributed by atoms with Gasteiger partial charge in [-0.3, -0.25) is 0 Å². The van der Waals surface area contributed by atoms with Crippen molar-refractivity contribution in [2.45, 2.75) is 84.8 Å². The molecule has 0 fully saturated rings. The van der Waals surface area contributed by atoms with Gasteiger partial charge >= 0.3 is 0 Å². The van der Waals surface area contributed by atoms with E-state index in [2.05, 4.69) is 72.4 Å². The molecule has 4 heteroatoms. The monoisotopic (exact) mass is 395 g/mol. The molecule has 1 rings (SSSR count). The van der Waals surface area contributed by atoms with Crippen LogP contribution >= 0.6 is 24.0 Å². The summed E-state index contributed by atoms with van der Waals surface area (Å²) >= 11 is 7.42. The molecular formula is C22H37NOS2. The zero-order valence-corrected chi connectivity index (χ0v) is 19.5. The molecular weight excluding hydrogens is 358 g/mol. The molecule has 0 spiro atoms. The lowest BCUT2D eigenvalue weighted by atomic mass is 9.78. The second-order valence-corrected chi connectivity index (χ2v) is 10.7. The van der Waals surface area contributed by atoms with E-state index in [1.54, 1.807) is 11.8 Å². The minimum Gasteiger partial charge on any atom is -0.507 e. The van der Waals surface area contributed by atoms with Crippen LogP contribution in [0, 0.1) is 0 Å². The van der Waals surface area contributed by atoms with Gasteiger partial charge in [-0.05, 0) is 40.4 Å². The Morgan fingerprint density at radius 1 is 0.962 bits per heavy atom. The second-order valence-electron chi connectivity index (χ2n) is 9.08. The molecule has 0 aliphatic rings. The van der Waals surface area contributed by atoms with Crippen LogP contribution in [0.15, 0.2) is 12.1 Å². The first-order valence-electron chi connectivity index (χ1n) is 9.70. The van der Waals surface area contributed by atoms with E-state index in [9.17, 15) is 5.11 Å². The highest BCUT2D eigenvalue weighted by atomic mass is 32.2. The maximum atomic E-state index is 10.8. The number of aromatic hydroxyl groups is 1. The number of thiocarbonyl (C=S) groups is 1. The minimum atomic E-state index is -0.0955. The van der Waals surface area contributed by atoms with Crippen molar-refractivity contribution < 1.29 is 5.11 Å². The Balaban J connectivity index is 3.11. The van der Waals surface area contributed by atoms with Crippen LogP contribution in [0.3, 0.4) is 0 Å². The summed E-state index contributed by atoms with van der Waals surface area (Å²) in [5.74, 6) is 1.29. The Morgan fingerprint density at radius 3 is 1.73 bits per heavy atom. The normalized spacial score (nSPS) is 12.3. The lowest BCUT2D eigenvalue weighted by Crippen LogP contribution is -2.29. The van der Waals surface area contributed by atoms with Crippen LogP contribution in [0.5, 0.6) is 5.75 Å². The van der Waals surface area contributed by atoms with Crippen molar-refractivity contribution in [3.05, 3.63) is 28.8 Å². The molecule has 1 aromatic carbocycles. The molecule has 0 aromatic heterocycles. The molecule has 26 heavy (non-hydrogen) atoms. The standard InChI is InChI=1S/C22H37NOS2/c1-9-11-23(12-10-2)20(25)26-15-16-13-17(21(3,4)5)19(24)18(14-16)22(6,7)8/h13-14,24H,9-12,15H2,1-8H3. The number of thioether (sulfide) groups is 1. The smallest absolute Gasteiger partial charge is 0.136 e. The summed E-state index contributed by atoms with van der Waals surface area (Å²) in [6, 6.07) is 4.31. The predicted octanol–water partition coefficient (Wildman–Crippen LogP) is 6.63. The van der Waals surface area contributed by atoms with Crippen molar-refractivity contribution in [1.82, 2.24) is 4.90 Å². The SMILES string of the molecule is CCCN(CCC)C(=S)SCc1cc(C(C)(C)C)c(O)c(C(C)(C)C)c1. The summed E-state index contributed by atoms with van der Waals surface area (Å²) in [4.78, 5) is 2.32. The quantitative estimate of drug-likeness (QED) is 0.546. The van der Waals surface area contributed by atoms with Gasteiger partial charge in [-0.2, -0.15) is 0 Å².